The molecule has 2 atom stereocenters. The van der Waals surface area contributed by atoms with E-state index in [1.165, 1.54) is 39.0 Å². The Labute approximate surface area is 125 Å². The van der Waals surface area contributed by atoms with Crippen molar-refractivity contribution in [2.75, 3.05) is 0 Å². The minimum Gasteiger partial charge on any atom is -0.300 e. The van der Waals surface area contributed by atoms with Crippen LogP contribution in [0.4, 0.5) is 0 Å². The first-order valence-corrected chi connectivity index (χ1v) is 8.32. The molecule has 0 aromatic carbocycles. The fraction of sp³-hybridized carbons (Fsp3) is 0.889. The number of carbonyl (C=O) groups is 2. The molecule has 0 radical (unpaired) electrons. The predicted octanol–water partition coefficient (Wildman–Crippen LogP) is 5.19. The number of Topliss-reactive ketones (excluding diaryl/α,β-unsaturated/α-hetero) is 2. The van der Waals surface area contributed by atoms with Crippen molar-refractivity contribution in [2.24, 2.45) is 17.8 Å². The van der Waals surface area contributed by atoms with Crippen molar-refractivity contribution < 1.29 is 9.59 Å². The smallest absolute Gasteiger partial charge is 0.140 e. The first-order chi connectivity index (χ1) is 9.31. The van der Waals surface area contributed by atoms with E-state index in [2.05, 4.69) is 27.7 Å². The summed E-state index contributed by atoms with van der Waals surface area (Å²) in [6.45, 7) is 10.5. The van der Waals surface area contributed by atoms with Gasteiger partial charge in [0, 0.05) is 6.42 Å². The highest BCUT2D eigenvalue weighted by molar-refractivity contribution is 5.97. The Morgan fingerprint density at radius 2 is 1.30 bits per heavy atom. The summed E-state index contributed by atoms with van der Waals surface area (Å²) in [7, 11) is 0. The maximum absolute atomic E-state index is 11.5. The number of ketones is 2. The first-order valence-electron chi connectivity index (χ1n) is 8.32. The lowest BCUT2D eigenvalue weighted by Gasteiger charge is -2.14. The van der Waals surface area contributed by atoms with Crippen LogP contribution in [0.15, 0.2) is 0 Å². The highest BCUT2D eigenvalue weighted by atomic mass is 16.1. The van der Waals surface area contributed by atoms with Gasteiger partial charge in [-0.15, -0.1) is 0 Å². The van der Waals surface area contributed by atoms with Crippen LogP contribution in [0.2, 0.25) is 0 Å². The van der Waals surface area contributed by atoms with Gasteiger partial charge in [0.1, 0.15) is 11.6 Å². The van der Waals surface area contributed by atoms with Crippen LogP contribution >= 0.6 is 0 Å². The van der Waals surface area contributed by atoms with E-state index < -0.39 is 0 Å². The van der Waals surface area contributed by atoms with Crippen molar-refractivity contribution in [3.05, 3.63) is 0 Å². The molecule has 0 bridgehead atoms. The molecule has 0 aliphatic heterocycles. The van der Waals surface area contributed by atoms with Crippen molar-refractivity contribution in [1.82, 2.24) is 0 Å². The molecule has 2 heteroatoms. The van der Waals surface area contributed by atoms with E-state index in [-0.39, 0.29) is 18.0 Å². The van der Waals surface area contributed by atoms with Crippen LogP contribution in [0.1, 0.15) is 86.0 Å². The average Bonchev–Trinajstić information content (AvgIpc) is 2.26. The fourth-order valence-electron chi connectivity index (χ4n) is 2.67. The molecule has 2 unspecified atom stereocenters. The van der Waals surface area contributed by atoms with E-state index in [0.29, 0.717) is 12.3 Å². The minimum atomic E-state index is -0.0130. The summed E-state index contributed by atoms with van der Waals surface area (Å²) < 4.78 is 0. The van der Waals surface area contributed by atoms with Crippen molar-refractivity contribution >= 4 is 11.6 Å². The summed E-state index contributed by atoms with van der Waals surface area (Å²) in [6, 6.07) is 0. The van der Waals surface area contributed by atoms with Gasteiger partial charge in [0.2, 0.25) is 0 Å². The third kappa shape index (κ3) is 12.4. The van der Waals surface area contributed by atoms with Crippen LogP contribution in [0, 0.1) is 17.8 Å². The number of rotatable bonds is 12. The van der Waals surface area contributed by atoms with Gasteiger partial charge in [-0.2, -0.15) is 0 Å². The number of carbonyl (C=O) groups excluding carboxylic acids is 2. The summed E-state index contributed by atoms with van der Waals surface area (Å²) in [5.41, 5.74) is 0. The summed E-state index contributed by atoms with van der Waals surface area (Å²) in [4.78, 5) is 22.4. The van der Waals surface area contributed by atoms with Gasteiger partial charge in [0.05, 0.1) is 6.42 Å². The molecular weight excluding hydrogens is 248 g/mol. The van der Waals surface area contributed by atoms with Gasteiger partial charge in [0.15, 0.2) is 0 Å². The molecule has 0 saturated carbocycles. The molecule has 2 nitrogen and oxygen atoms in total. The normalized spacial score (nSPS) is 14.3. The summed E-state index contributed by atoms with van der Waals surface area (Å²) in [5, 5.41) is 0. The fourth-order valence-corrected chi connectivity index (χ4v) is 2.67. The van der Waals surface area contributed by atoms with Crippen molar-refractivity contribution in [2.45, 2.75) is 86.0 Å². The molecule has 118 valence electrons. The maximum atomic E-state index is 11.5. The lowest BCUT2D eigenvalue weighted by molar-refractivity contribution is -0.126. The number of hydrogen-bond donors (Lipinski definition) is 0. The molecule has 0 N–H and O–H groups in total. The standard InChI is InChI=1S/C18H34O2/c1-14(2)8-6-9-15(3)10-7-11-16(4)12-18(20)13-17(5)19/h14-16H,6-13H2,1-5H3. The van der Waals surface area contributed by atoms with E-state index in [1.54, 1.807) is 0 Å². The Balaban J connectivity index is 3.62. The second-order valence-electron chi connectivity index (χ2n) is 7.09. The first kappa shape index (κ1) is 19.3. The van der Waals surface area contributed by atoms with Crippen LogP contribution in [0.5, 0.6) is 0 Å². The molecule has 0 saturated heterocycles. The molecule has 0 amide bonds. The number of hydrogen-bond acceptors (Lipinski definition) is 2. The van der Waals surface area contributed by atoms with Gasteiger partial charge in [-0.25, -0.2) is 0 Å². The Morgan fingerprint density at radius 1 is 0.800 bits per heavy atom. The van der Waals surface area contributed by atoms with Crippen LogP contribution in [0.3, 0.4) is 0 Å². The molecule has 0 rings (SSSR count). The Hall–Kier alpha value is -0.660. The van der Waals surface area contributed by atoms with E-state index in [4.69, 9.17) is 0 Å². The Kier molecular flexibility index (Phi) is 10.7. The monoisotopic (exact) mass is 282 g/mol. The average molecular weight is 282 g/mol. The zero-order chi connectivity index (χ0) is 15.5. The molecular formula is C18H34O2. The van der Waals surface area contributed by atoms with Crippen LogP contribution in [-0.4, -0.2) is 11.6 Å². The third-order valence-corrected chi connectivity index (χ3v) is 3.89. The Morgan fingerprint density at radius 3 is 1.80 bits per heavy atom. The van der Waals surface area contributed by atoms with Crippen molar-refractivity contribution in [3.63, 3.8) is 0 Å². The van der Waals surface area contributed by atoms with E-state index in [0.717, 1.165) is 18.3 Å². The summed E-state index contributed by atoms with van der Waals surface area (Å²) in [5.74, 6) is 2.13. The van der Waals surface area contributed by atoms with Gasteiger partial charge in [0.25, 0.3) is 0 Å². The molecule has 0 spiro atoms. The molecule has 0 heterocycles. The van der Waals surface area contributed by atoms with Crippen molar-refractivity contribution in [1.29, 1.82) is 0 Å². The maximum Gasteiger partial charge on any atom is 0.140 e. The summed E-state index contributed by atoms with van der Waals surface area (Å²) >= 11 is 0. The quantitative estimate of drug-likeness (QED) is 0.461. The van der Waals surface area contributed by atoms with Gasteiger partial charge in [-0.3, -0.25) is 9.59 Å². The molecule has 0 aromatic rings. The van der Waals surface area contributed by atoms with Crippen LogP contribution in [-0.2, 0) is 9.59 Å². The van der Waals surface area contributed by atoms with Crippen molar-refractivity contribution in [3.8, 4) is 0 Å². The van der Waals surface area contributed by atoms with Crippen LogP contribution in [0.25, 0.3) is 0 Å². The van der Waals surface area contributed by atoms with Gasteiger partial charge < -0.3 is 0 Å². The molecule has 0 aliphatic carbocycles. The van der Waals surface area contributed by atoms with Gasteiger partial charge >= 0.3 is 0 Å². The van der Waals surface area contributed by atoms with Gasteiger partial charge in [-0.1, -0.05) is 66.2 Å². The molecule has 0 aromatic heterocycles. The van der Waals surface area contributed by atoms with Gasteiger partial charge in [-0.05, 0) is 24.7 Å². The molecule has 0 fully saturated rings. The lowest BCUT2D eigenvalue weighted by Crippen LogP contribution is -2.09. The predicted molar refractivity (Wildman–Crippen MR) is 85.8 cm³/mol. The molecule has 20 heavy (non-hydrogen) atoms. The largest absolute Gasteiger partial charge is 0.300 e. The highest BCUT2D eigenvalue weighted by Gasteiger charge is 2.11. The van der Waals surface area contributed by atoms with Crippen LogP contribution < -0.4 is 0 Å². The molecule has 0 aliphatic rings. The van der Waals surface area contributed by atoms with E-state index in [1.807, 2.05) is 0 Å². The second-order valence-corrected chi connectivity index (χ2v) is 7.09. The summed E-state index contributed by atoms with van der Waals surface area (Å²) in [6.07, 6.45) is 8.28. The topological polar surface area (TPSA) is 34.1 Å². The Bertz CT molecular complexity index is 281. The second kappa shape index (κ2) is 11.0. The minimum absolute atomic E-state index is 0.0130. The zero-order valence-corrected chi connectivity index (χ0v) is 14.2. The van der Waals surface area contributed by atoms with E-state index in [9.17, 15) is 9.59 Å². The van der Waals surface area contributed by atoms with E-state index >= 15 is 0 Å². The third-order valence-electron chi connectivity index (χ3n) is 3.89. The highest BCUT2D eigenvalue weighted by Crippen LogP contribution is 2.20. The SMILES string of the molecule is CC(=O)CC(=O)CC(C)CCCC(C)CCCC(C)C. The zero-order valence-electron chi connectivity index (χ0n) is 14.2. The lowest BCUT2D eigenvalue weighted by atomic mass is 9.91.